The molecule has 0 aliphatic carbocycles. The molecule has 110 valence electrons. The average molecular weight is 315 g/mol. The first-order valence-electron chi connectivity index (χ1n) is 6.90. The summed E-state index contributed by atoms with van der Waals surface area (Å²) in [4.78, 5) is 13.6. The smallest absolute Gasteiger partial charge is 0.239 e. The standard InChI is InChI=1S/C15H20Cl2N2O/c1-10-5-11(2)9-19(8-10)14-4-3-12(6-13(14)17)18-15(20)7-16/h3-4,6,10-11H,5,7-9H2,1-2H3,(H,18,20)/t10-,11-/m1/s1. The van der Waals surface area contributed by atoms with E-state index in [1.54, 1.807) is 6.07 Å². The number of hydrogen-bond acceptors (Lipinski definition) is 2. The highest BCUT2D eigenvalue weighted by atomic mass is 35.5. The summed E-state index contributed by atoms with van der Waals surface area (Å²) in [7, 11) is 0. The molecule has 3 nitrogen and oxygen atoms in total. The highest BCUT2D eigenvalue weighted by Crippen LogP contribution is 2.33. The number of carbonyl (C=O) groups is 1. The Kier molecular flexibility index (Phi) is 5.17. The van der Waals surface area contributed by atoms with Crippen LogP contribution in [-0.4, -0.2) is 24.9 Å². The second kappa shape index (κ2) is 6.68. The predicted molar refractivity (Wildman–Crippen MR) is 86.0 cm³/mol. The van der Waals surface area contributed by atoms with Gasteiger partial charge in [-0.1, -0.05) is 25.4 Å². The van der Waals surface area contributed by atoms with Gasteiger partial charge in [0.25, 0.3) is 0 Å². The van der Waals surface area contributed by atoms with Crippen LogP contribution in [0.4, 0.5) is 11.4 Å². The monoisotopic (exact) mass is 314 g/mol. The normalized spacial score (nSPS) is 22.7. The quantitative estimate of drug-likeness (QED) is 0.855. The van der Waals surface area contributed by atoms with Gasteiger partial charge in [-0.25, -0.2) is 0 Å². The lowest BCUT2D eigenvalue weighted by molar-refractivity contribution is -0.113. The van der Waals surface area contributed by atoms with Gasteiger partial charge in [-0.05, 0) is 36.5 Å². The maximum atomic E-state index is 11.3. The summed E-state index contributed by atoms with van der Waals surface area (Å²) in [6.07, 6.45) is 1.26. The fourth-order valence-corrected chi connectivity index (χ4v) is 3.26. The van der Waals surface area contributed by atoms with Gasteiger partial charge in [-0.3, -0.25) is 4.79 Å². The van der Waals surface area contributed by atoms with Crippen molar-refractivity contribution >= 4 is 40.5 Å². The van der Waals surface area contributed by atoms with Gasteiger partial charge >= 0.3 is 0 Å². The lowest BCUT2D eigenvalue weighted by Gasteiger charge is -2.37. The van der Waals surface area contributed by atoms with Crippen LogP contribution in [-0.2, 0) is 4.79 Å². The molecule has 0 bridgehead atoms. The Morgan fingerprint density at radius 1 is 1.35 bits per heavy atom. The lowest BCUT2D eigenvalue weighted by atomic mass is 9.91. The van der Waals surface area contributed by atoms with Crippen LogP contribution in [0.15, 0.2) is 18.2 Å². The van der Waals surface area contributed by atoms with Crippen molar-refractivity contribution in [3.05, 3.63) is 23.2 Å². The molecule has 0 unspecified atom stereocenters. The number of nitrogens with one attached hydrogen (secondary N) is 1. The van der Waals surface area contributed by atoms with E-state index < -0.39 is 0 Å². The zero-order valence-corrected chi connectivity index (χ0v) is 13.3. The number of alkyl halides is 1. The number of carbonyl (C=O) groups excluding carboxylic acids is 1. The second-order valence-corrected chi connectivity index (χ2v) is 6.37. The molecule has 1 aromatic rings. The molecule has 1 aliphatic rings. The number of benzene rings is 1. The number of nitrogens with zero attached hydrogens (tertiary/aromatic N) is 1. The van der Waals surface area contributed by atoms with Crippen LogP contribution in [0.2, 0.25) is 5.02 Å². The first-order chi connectivity index (χ1) is 9.49. The molecule has 0 saturated carbocycles. The van der Waals surface area contributed by atoms with E-state index in [1.807, 2.05) is 12.1 Å². The number of rotatable bonds is 3. The lowest BCUT2D eigenvalue weighted by Crippen LogP contribution is -2.38. The van der Waals surface area contributed by atoms with Crippen LogP contribution in [0.1, 0.15) is 20.3 Å². The average Bonchev–Trinajstić information content (AvgIpc) is 2.37. The van der Waals surface area contributed by atoms with Gasteiger partial charge in [0.2, 0.25) is 5.91 Å². The summed E-state index contributed by atoms with van der Waals surface area (Å²) < 4.78 is 0. The number of amides is 1. The van der Waals surface area contributed by atoms with E-state index in [1.165, 1.54) is 6.42 Å². The number of piperidine rings is 1. The van der Waals surface area contributed by atoms with Crippen molar-refractivity contribution < 1.29 is 4.79 Å². The Bertz CT molecular complexity index is 483. The number of hydrogen-bond donors (Lipinski definition) is 1. The number of halogens is 2. The molecule has 2 rings (SSSR count). The van der Waals surface area contributed by atoms with Gasteiger partial charge in [0.1, 0.15) is 5.88 Å². The van der Waals surface area contributed by atoms with Gasteiger partial charge in [-0.15, -0.1) is 11.6 Å². The van der Waals surface area contributed by atoms with Gasteiger partial charge in [0.15, 0.2) is 0 Å². The van der Waals surface area contributed by atoms with E-state index in [2.05, 4.69) is 24.1 Å². The third-order valence-corrected chi connectivity index (χ3v) is 4.11. The van der Waals surface area contributed by atoms with Gasteiger partial charge in [-0.2, -0.15) is 0 Å². The van der Waals surface area contributed by atoms with Crippen LogP contribution in [0.25, 0.3) is 0 Å². The SMILES string of the molecule is C[C@@H]1C[C@@H](C)CN(c2ccc(NC(=O)CCl)cc2Cl)C1. The molecule has 0 aromatic heterocycles. The van der Waals surface area contributed by atoms with Gasteiger partial charge in [0, 0.05) is 18.8 Å². The van der Waals surface area contributed by atoms with E-state index in [4.69, 9.17) is 23.2 Å². The first-order valence-corrected chi connectivity index (χ1v) is 7.81. The highest BCUT2D eigenvalue weighted by molar-refractivity contribution is 6.33. The van der Waals surface area contributed by atoms with Crippen molar-refractivity contribution in [3.8, 4) is 0 Å². The summed E-state index contributed by atoms with van der Waals surface area (Å²) in [6.45, 7) is 6.59. The summed E-state index contributed by atoms with van der Waals surface area (Å²) in [6, 6.07) is 5.62. The molecule has 0 radical (unpaired) electrons. The topological polar surface area (TPSA) is 32.3 Å². The minimum absolute atomic E-state index is 0.0550. The minimum atomic E-state index is -0.226. The fourth-order valence-electron chi connectivity index (χ4n) is 2.90. The molecular weight excluding hydrogens is 295 g/mol. The molecule has 1 aliphatic heterocycles. The van der Waals surface area contributed by atoms with Crippen LogP contribution in [0.5, 0.6) is 0 Å². The zero-order chi connectivity index (χ0) is 14.7. The molecule has 1 fully saturated rings. The van der Waals surface area contributed by atoms with Crippen molar-refractivity contribution in [2.24, 2.45) is 11.8 Å². The van der Waals surface area contributed by atoms with E-state index in [0.29, 0.717) is 22.5 Å². The second-order valence-electron chi connectivity index (χ2n) is 5.70. The molecular formula is C15H20Cl2N2O. The van der Waals surface area contributed by atoms with Crippen LogP contribution in [0, 0.1) is 11.8 Å². The third kappa shape index (κ3) is 3.80. The van der Waals surface area contributed by atoms with Crippen molar-refractivity contribution in [2.45, 2.75) is 20.3 Å². The minimum Gasteiger partial charge on any atom is -0.370 e. The molecule has 1 heterocycles. The molecule has 20 heavy (non-hydrogen) atoms. The Balaban J connectivity index is 2.15. The Hall–Kier alpha value is -0.930. The largest absolute Gasteiger partial charge is 0.370 e. The molecule has 0 spiro atoms. The molecule has 1 amide bonds. The Morgan fingerprint density at radius 3 is 2.55 bits per heavy atom. The first kappa shape index (κ1) is 15.5. The van der Waals surface area contributed by atoms with Crippen LogP contribution >= 0.6 is 23.2 Å². The molecule has 2 atom stereocenters. The van der Waals surface area contributed by atoms with E-state index >= 15 is 0 Å². The Morgan fingerprint density at radius 2 is 2.00 bits per heavy atom. The summed E-state index contributed by atoms with van der Waals surface area (Å²) >= 11 is 11.8. The highest BCUT2D eigenvalue weighted by Gasteiger charge is 2.23. The van der Waals surface area contributed by atoms with E-state index in [-0.39, 0.29) is 11.8 Å². The summed E-state index contributed by atoms with van der Waals surface area (Å²) in [5.41, 5.74) is 1.72. The van der Waals surface area contributed by atoms with Crippen molar-refractivity contribution in [3.63, 3.8) is 0 Å². The van der Waals surface area contributed by atoms with Crippen molar-refractivity contribution in [1.29, 1.82) is 0 Å². The van der Waals surface area contributed by atoms with Crippen LogP contribution < -0.4 is 10.2 Å². The maximum absolute atomic E-state index is 11.3. The van der Waals surface area contributed by atoms with E-state index in [9.17, 15) is 4.79 Å². The predicted octanol–water partition coefficient (Wildman–Crippen LogP) is 4.00. The van der Waals surface area contributed by atoms with Crippen LogP contribution in [0.3, 0.4) is 0 Å². The summed E-state index contributed by atoms with van der Waals surface area (Å²) in [5, 5.41) is 3.37. The molecule has 1 saturated heterocycles. The number of anilines is 2. The van der Waals surface area contributed by atoms with Crippen molar-refractivity contribution in [1.82, 2.24) is 0 Å². The van der Waals surface area contributed by atoms with Gasteiger partial charge < -0.3 is 10.2 Å². The van der Waals surface area contributed by atoms with Gasteiger partial charge in [0.05, 0.1) is 10.7 Å². The molecule has 1 N–H and O–H groups in total. The maximum Gasteiger partial charge on any atom is 0.239 e. The molecule has 1 aromatic carbocycles. The van der Waals surface area contributed by atoms with Crippen molar-refractivity contribution in [2.75, 3.05) is 29.2 Å². The third-order valence-electron chi connectivity index (χ3n) is 3.56. The zero-order valence-electron chi connectivity index (χ0n) is 11.8. The molecule has 5 heteroatoms. The summed E-state index contributed by atoms with van der Waals surface area (Å²) in [5.74, 6) is 1.06. The Labute approximate surface area is 130 Å². The van der Waals surface area contributed by atoms with E-state index in [0.717, 1.165) is 18.8 Å². The fraction of sp³-hybridized carbons (Fsp3) is 0.533.